The monoisotopic (exact) mass is 106 g/mol. The van der Waals surface area contributed by atoms with Gasteiger partial charge in [-0.25, -0.2) is 0 Å². The minimum absolute atomic E-state index is 0.884. The normalized spacial score (nSPS) is 41.0. The number of allylic oxidation sites excluding steroid dienone is 4. The molecule has 0 saturated carbocycles. The molecule has 0 nitrogen and oxygen atoms in total. The summed E-state index contributed by atoms with van der Waals surface area (Å²) in [4.78, 5) is 0. The molecule has 0 N–H and O–H groups in total. The molecule has 0 aromatic heterocycles. The lowest BCUT2D eigenvalue weighted by Crippen LogP contribution is -1.96. The highest BCUT2D eigenvalue weighted by atomic mass is 14.3. The molecule has 0 aromatic rings. The molecule has 0 aromatic carbocycles. The highest BCUT2D eigenvalue weighted by Crippen LogP contribution is 2.33. The molecule has 0 saturated heterocycles. The molecule has 0 spiro atoms. The molecule has 2 aliphatic carbocycles. The predicted molar refractivity (Wildman–Crippen MR) is 34.5 cm³/mol. The second-order valence-corrected chi connectivity index (χ2v) is 2.66. The third-order valence-electron chi connectivity index (χ3n) is 2.13. The van der Waals surface area contributed by atoms with Crippen LogP contribution in [-0.2, 0) is 0 Å². The Kier molecular flexibility index (Phi) is 0.806. The van der Waals surface area contributed by atoms with Gasteiger partial charge in [0.2, 0.25) is 0 Å². The molecule has 0 radical (unpaired) electrons. The summed E-state index contributed by atoms with van der Waals surface area (Å²) in [5, 5.41) is 0. The van der Waals surface area contributed by atoms with Crippen LogP contribution >= 0.6 is 0 Å². The van der Waals surface area contributed by atoms with Crippen LogP contribution in [0.1, 0.15) is 12.8 Å². The maximum atomic E-state index is 2.35. The summed E-state index contributed by atoms with van der Waals surface area (Å²) in [6.07, 6.45) is 11.9. The molecule has 0 aliphatic heterocycles. The average molecular weight is 106 g/mol. The minimum atomic E-state index is 0.884. The van der Waals surface area contributed by atoms with Crippen molar-refractivity contribution in [2.75, 3.05) is 0 Å². The molecular weight excluding hydrogens is 96.1 g/mol. The van der Waals surface area contributed by atoms with Crippen molar-refractivity contribution in [3.05, 3.63) is 24.3 Å². The summed E-state index contributed by atoms with van der Waals surface area (Å²) in [7, 11) is 0. The van der Waals surface area contributed by atoms with Crippen molar-refractivity contribution in [3.63, 3.8) is 0 Å². The Morgan fingerprint density at radius 2 is 1.38 bits per heavy atom. The van der Waals surface area contributed by atoms with Crippen LogP contribution in [0.5, 0.6) is 0 Å². The van der Waals surface area contributed by atoms with Gasteiger partial charge in [0, 0.05) is 0 Å². The first kappa shape index (κ1) is 4.37. The van der Waals surface area contributed by atoms with E-state index in [2.05, 4.69) is 24.3 Å². The third kappa shape index (κ3) is 0.459. The Morgan fingerprint density at radius 3 is 1.88 bits per heavy atom. The van der Waals surface area contributed by atoms with Crippen LogP contribution in [0, 0.1) is 11.8 Å². The highest BCUT2D eigenvalue weighted by molar-refractivity contribution is 5.14. The standard InChI is InChI=1S/C8H10/c1-3-7-5-2-6-8(7)4-1/h1-3,6-8H,4-5H2. The van der Waals surface area contributed by atoms with Crippen LogP contribution in [0.3, 0.4) is 0 Å². The van der Waals surface area contributed by atoms with E-state index in [4.69, 9.17) is 0 Å². The fourth-order valence-corrected chi connectivity index (χ4v) is 1.61. The number of fused-ring (bicyclic) bond motifs is 1. The lowest BCUT2D eigenvalue weighted by Gasteiger charge is -2.04. The third-order valence-corrected chi connectivity index (χ3v) is 2.13. The van der Waals surface area contributed by atoms with Crippen LogP contribution in [0.4, 0.5) is 0 Å². The van der Waals surface area contributed by atoms with E-state index in [1.807, 2.05) is 0 Å². The van der Waals surface area contributed by atoms with Gasteiger partial charge in [0.1, 0.15) is 0 Å². The Labute approximate surface area is 49.9 Å². The summed E-state index contributed by atoms with van der Waals surface area (Å²) in [5.41, 5.74) is 0. The maximum Gasteiger partial charge on any atom is -0.0133 e. The van der Waals surface area contributed by atoms with Gasteiger partial charge in [-0.3, -0.25) is 0 Å². The van der Waals surface area contributed by atoms with Crippen LogP contribution in [-0.4, -0.2) is 0 Å². The van der Waals surface area contributed by atoms with Gasteiger partial charge in [-0.05, 0) is 24.7 Å². The summed E-state index contributed by atoms with van der Waals surface area (Å²) in [6.45, 7) is 0. The molecule has 42 valence electrons. The van der Waals surface area contributed by atoms with E-state index < -0.39 is 0 Å². The second kappa shape index (κ2) is 1.48. The summed E-state index contributed by atoms with van der Waals surface area (Å²) >= 11 is 0. The maximum absolute atomic E-state index is 2.35. The largest absolute Gasteiger partial charge is 0.0876 e. The van der Waals surface area contributed by atoms with Crippen molar-refractivity contribution in [2.45, 2.75) is 12.8 Å². The van der Waals surface area contributed by atoms with Crippen molar-refractivity contribution in [2.24, 2.45) is 11.8 Å². The van der Waals surface area contributed by atoms with E-state index in [0.717, 1.165) is 11.8 Å². The summed E-state index contributed by atoms with van der Waals surface area (Å²) < 4.78 is 0. The Bertz CT molecular complexity index is 124. The Morgan fingerprint density at radius 1 is 0.875 bits per heavy atom. The van der Waals surface area contributed by atoms with Crippen molar-refractivity contribution in [1.29, 1.82) is 0 Å². The number of hydrogen-bond donors (Lipinski definition) is 0. The number of rotatable bonds is 0. The van der Waals surface area contributed by atoms with Crippen LogP contribution in [0.2, 0.25) is 0 Å². The van der Waals surface area contributed by atoms with Crippen molar-refractivity contribution >= 4 is 0 Å². The lowest BCUT2D eigenvalue weighted by atomic mass is 10.0. The molecule has 2 atom stereocenters. The fourth-order valence-electron chi connectivity index (χ4n) is 1.61. The molecule has 2 rings (SSSR count). The van der Waals surface area contributed by atoms with Crippen LogP contribution in [0.15, 0.2) is 24.3 Å². The first-order valence-electron chi connectivity index (χ1n) is 3.30. The van der Waals surface area contributed by atoms with E-state index in [1.165, 1.54) is 12.8 Å². The Balaban J connectivity index is 2.20. The number of hydrogen-bond acceptors (Lipinski definition) is 0. The predicted octanol–water partition coefficient (Wildman–Crippen LogP) is 2.14. The molecule has 2 unspecified atom stereocenters. The van der Waals surface area contributed by atoms with E-state index in [9.17, 15) is 0 Å². The lowest BCUT2D eigenvalue weighted by molar-refractivity contribution is 0.551. The molecule has 2 aliphatic rings. The topological polar surface area (TPSA) is 0 Å². The first-order chi connectivity index (χ1) is 3.97. The van der Waals surface area contributed by atoms with Crippen LogP contribution in [0.25, 0.3) is 0 Å². The van der Waals surface area contributed by atoms with E-state index in [-0.39, 0.29) is 0 Å². The smallest absolute Gasteiger partial charge is 0.0133 e. The fraction of sp³-hybridized carbons (Fsp3) is 0.500. The van der Waals surface area contributed by atoms with Crippen molar-refractivity contribution in [3.8, 4) is 0 Å². The SMILES string of the molecule is C1=CC2CC=CC2C1. The molecule has 0 heteroatoms. The Hall–Kier alpha value is -0.520. The molecule has 8 heavy (non-hydrogen) atoms. The molecule has 0 fully saturated rings. The van der Waals surface area contributed by atoms with E-state index in [1.54, 1.807) is 0 Å². The van der Waals surface area contributed by atoms with Crippen molar-refractivity contribution < 1.29 is 0 Å². The molecule has 0 amide bonds. The minimum Gasteiger partial charge on any atom is -0.0876 e. The van der Waals surface area contributed by atoms with Gasteiger partial charge in [0.15, 0.2) is 0 Å². The zero-order valence-corrected chi connectivity index (χ0v) is 4.88. The van der Waals surface area contributed by atoms with Gasteiger partial charge in [-0.2, -0.15) is 0 Å². The zero-order valence-electron chi connectivity index (χ0n) is 4.88. The molecule has 0 bridgehead atoms. The van der Waals surface area contributed by atoms with Gasteiger partial charge in [-0.15, -0.1) is 0 Å². The molecule has 0 heterocycles. The van der Waals surface area contributed by atoms with Gasteiger partial charge in [-0.1, -0.05) is 24.3 Å². The van der Waals surface area contributed by atoms with Gasteiger partial charge in [0.05, 0.1) is 0 Å². The van der Waals surface area contributed by atoms with E-state index >= 15 is 0 Å². The first-order valence-corrected chi connectivity index (χ1v) is 3.30. The molecular formula is C8H10. The quantitative estimate of drug-likeness (QED) is 0.415. The highest BCUT2D eigenvalue weighted by Gasteiger charge is 2.22. The van der Waals surface area contributed by atoms with Gasteiger partial charge >= 0.3 is 0 Å². The summed E-state index contributed by atoms with van der Waals surface area (Å²) in [5.74, 6) is 1.77. The zero-order chi connectivity index (χ0) is 5.40. The van der Waals surface area contributed by atoms with Gasteiger partial charge in [0.25, 0.3) is 0 Å². The van der Waals surface area contributed by atoms with Crippen LogP contribution < -0.4 is 0 Å². The summed E-state index contributed by atoms with van der Waals surface area (Å²) in [6, 6.07) is 0. The van der Waals surface area contributed by atoms with Crippen molar-refractivity contribution in [1.82, 2.24) is 0 Å². The van der Waals surface area contributed by atoms with Gasteiger partial charge < -0.3 is 0 Å². The average Bonchev–Trinajstić information content (AvgIpc) is 2.15. The van der Waals surface area contributed by atoms with E-state index in [0.29, 0.717) is 0 Å². The second-order valence-electron chi connectivity index (χ2n) is 2.66.